The molecule has 0 saturated heterocycles. The van der Waals surface area contributed by atoms with Crippen molar-refractivity contribution >= 4 is 11.6 Å². The second kappa shape index (κ2) is 6.83. The first-order chi connectivity index (χ1) is 11.6. The first kappa shape index (κ1) is 16.2. The number of anilines is 1. The van der Waals surface area contributed by atoms with Gasteiger partial charge >= 0.3 is 0 Å². The minimum absolute atomic E-state index is 0.0669. The number of nitrogens with one attached hydrogen (secondary N) is 1. The van der Waals surface area contributed by atoms with Gasteiger partial charge in [-0.2, -0.15) is 0 Å². The van der Waals surface area contributed by atoms with E-state index >= 15 is 0 Å². The van der Waals surface area contributed by atoms with Crippen molar-refractivity contribution in [2.75, 3.05) is 19.5 Å². The molecular weight excluding hydrogens is 306 g/mol. The number of amides is 1. The first-order valence-electron chi connectivity index (χ1n) is 7.96. The number of aryl methyl sites for hydroxylation is 2. The number of benzene rings is 2. The number of aromatic hydroxyl groups is 1. The van der Waals surface area contributed by atoms with Crippen molar-refractivity contribution in [3.8, 4) is 17.2 Å². The molecule has 0 aromatic heterocycles. The van der Waals surface area contributed by atoms with Gasteiger partial charge in [-0.3, -0.25) is 4.79 Å². The Kier molecular flexibility index (Phi) is 4.60. The Balaban J connectivity index is 1.73. The summed E-state index contributed by atoms with van der Waals surface area (Å²) in [5.41, 5.74) is 4.22. The zero-order valence-electron chi connectivity index (χ0n) is 13.9. The van der Waals surface area contributed by atoms with E-state index in [2.05, 4.69) is 17.4 Å². The molecular formula is C19H21NO4. The average Bonchev–Trinajstić information content (AvgIpc) is 3.03. The van der Waals surface area contributed by atoms with E-state index in [1.807, 2.05) is 6.07 Å². The predicted molar refractivity (Wildman–Crippen MR) is 92.0 cm³/mol. The monoisotopic (exact) mass is 327 g/mol. The Morgan fingerprint density at radius 3 is 2.42 bits per heavy atom. The van der Waals surface area contributed by atoms with Crippen LogP contribution in [0.3, 0.4) is 0 Å². The number of ether oxygens (including phenoxy) is 2. The third-order valence-corrected chi connectivity index (χ3v) is 4.29. The Bertz CT molecular complexity index is 745. The van der Waals surface area contributed by atoms with Crippen molar-refractivity contribution in [2.45, 2.75) is 25.7 Å². The number of phenolic OH excluding ortho intramolecular Hbond substituents is 1. The van der Waals surface area contributed by atoms with Crippen molar-refractivity contribution in [1.82, 2.24) is 0 Å². The highest BCUT2D eigenvalue weighted by molar-refractivity contribution is 5.92. The summed E-state index contributed by atoms with van der Waals surface area (Å²) in [6.45, 7) is 0. The summed E-state index contributed by atoms with van der Waals surface area (Å²) < 4.78 is 10.2. The smallest absolute Gasteiger partial charge is 0.228 e. The molecule has 1 amide bonds. The molecule has 2 N–H and O–H groups in total. The van der Waals surface area contributed by atoms with Gasteiger partial charge in [0.15, 0.2) is 11.5 Å². The van der Waals surface area contributed by atoms with Crippen LogP contribution in [0.4, 0.5) is 5.69 Å². The summed E-state index contributed by atoms with van der Waals surface area (Å²) in [6, 6.07) is 9.36. The van der Waals surface area contributed by atoms with Crippen molar-refractivity contribution in [2.24, 2.45) is 0 Å². The number of methoxy groups -OCH3 is 2. The number of hydrogen-bond acceptors (Lipinski definition) is 4. The van der Waals surface area contributed by atoms with E-state index in [1.54, 1.807) is 12.1 Å². The highest BCUT2D eigenvalue weighted by atomic mass is 16.5. The van der Waals surface area contributed by atoms with Crippen LogP contribution in [0, 0.1) is 0 Å². The minimum Gasteiger partial charge on any atom is -0.502 e. The van der Waals surface area contributed by atoms with Gasteiger partial charge in [-0.25, -0.2) is 0 Å². The number of fused-ring (bicyclic) bond motifs is 1. The maximum atomic E-state index is 12.3. The Labute approximate surface area is 141 Å². The fourth-order valence-corrected chi connectivity index (χ4v) is 3.09. The highest BCUT2D eigenvalue weighted by Gasteiger charge is 2.15. The largest absolute Gasteiger partial charge is 0.502 e. The van der Waals surface area contributed by atoms with Gasteiger partial charge in [-0.05, 0) is 60.2 Å². The van der Waals surface area contributed by atoms with E-state index in [4.69, 9.17) is 9.47 Å². The molecule has 2 aromatic carbocycles. The first-order valence-corrected chi connectivity index (χ1v) is 7.96. The zero-order valence-corrected chi connectivity index (χ0v) is 13.9. The maximum Gasteiger partial charge on any atom is 0.228 e. The van der Waals surface area contributed by atoms with Gasteiger partial charge in [0.05, 0.1) is 20.6 Å². The van der Waals surface area contributed by atoms with E-state index in [-0.39, 0.29) is 29.6 Å². The van der Waals surface area contributed by atoms with E-state index < -0.39 is 0 Å². The van der Waals surface area contributed by atoms with E-state index in [0.29, 0.717) is 5.56 Å². The molecule has 3 rings (SSSR count). The van der Waals surface area contributed by atoms with Crippen LogP contribution < -0.4 is 14.8 Å². The molecule has 0 saturated carbocycles. The number of phenols is 1. The van der Waals surface area contributed by atoms with Gasteiger partial charge in [0.2, 0.25) is 11.7 Å². The van der Waals surface area contributed by atoms with Gasteiger partial charge in [-0.1, -0.05) is 6.07 Å². The molecule has 0 spiro atoms. The van der Waals surface area contributed by atoms with Crippen LogP contribution in [0.15, 0.2) is 30.3 Å². The molecule has 2 aromatic rings. The van der Waals surface area contributed by atoms with Gasteiger partial charge in [0, 0.05) is 5.69 Å². The molecule has 1 aliphatic rings. The average molecular weight is 327 g/mol. The molecule has 0 radical (unpaired) electrons. The molecule has 1 aliphatic carbocycles. The molecule has 0 fully saturated rings. The standard InChI is InChI=1S/C19H21NO4/c1-23-16-8-12(9-17(24-2)19(16)22)10-18(21)20-15-7-6-13-4-3-5-14(13)11-15/h6-9,11,22H,3-5,10H2,1-2H3,(H,20,21). The predicted octanol–water partition coefficient (Wildman–Crippen LogP) is 3.08. The number of carbonyl (C=O) groups is 1. The van der Waals surface area contributed by atoms with E-state index in [9.17, 15) is 9.90 Å². The molecule has 24 heavy (non-hydrogen) atoms. The summed E-state index contributed by atoms with van der Waals surface area (Å²) in [4.78, 5) is 12.3. The molecule has 5 nitrogen and oxygen atoms in total. The third-order valence-electron chi connectivity index (χ3n) is 4.29. The molecule has 0 unspecified atom stereocenters. The zero-order chi connectivity index (χ0) is 17.1. The van der Waals surface area contributed by atoms with Crippen molar-refractivity contribution in [3.63, 3.8) is 0 Å². The van der Waals surface area contributed by atoms with E-state index in [1.165, 1.54) is 31.8 Å². The number of hydrogen-bond donors (Lipinski definition) is 2. The summed E-state index contributed by atoms with van der Waals surface area (Å²) >= 11 is 0. The van der Waals surface area contributed by atoms with Crippen LogP contribution in [-0.2, 0) is 24.1 Å². The van der Waals surface area contributed by atoms with Gasteiger partial charge in [0.1, 0.15) is 0 Å². The fourth-order valence-electron chi connectivity index (χ4n) is 3.09. The topological polar surface area (TPSA) is 67.8 Å². The second-order valence-electron chi connectivity index (χ2n) is 5.91. The molecule has 5 heteroatoms. The van der Waals surface area contributed by atoms with Gasteiger partial charge < -0.3 is 19.9 Å². The normalized spacial score (nSPS) is 12.6. The third kappa shape index (κ3) is 3.30. The second-order valence-corrected chi connectivity index (χ2v) is 5.91. The SMILES string of the molecule is COc1cc(CC(=O)Nc2ccc3c(c2)CCC3)cc(OC)c1O. The Morgan fingerprint density at radius 1 is 1.08 bits per heavy atom. The summed E-state index contributed by atoms with van der Waals surface area (Å²) in [5.74, 6) is 0.384. The van der Waals surface area contributed by atoms with Crippen LogP contribution in [0.2, 0.25) is 0 Å². The maximum absolute atomic E-state index is 12.3. The lowest BCUT2D eigenvalue weighted by Gasteiger charge is -2.12. The minimum atomic E-state index is -0.122. The van der Waals surface area contributed by atoms with Crippen LogP contribution in [0.5, 0.6) is 17.2 Å². The summed E-state index contributed by atoms with van der Waals surface area (Å²) in [5, 5.41) is 12.8. The number of rotatable bonds is 5. The molecule has 0 atom stereocenters. The lowest BCUT2D eigenvalue weighted by molar-refractivity contribution is -0.115. The molecule has 126 valence electrons. The van der Waals surface area contributed by atoms with Gasteiger partial charge in [0.25, 0.3) is 0 Å². The van der Waals surface area contributed by atoms with Crippen molar-refractivity contribution < 1.29 is 19.4 Å². The number of carbonyl (C=O) groups excluding carboxylic acids is 1. The highest BCUT2D eigenvalue weighted by Crippen LogP contribution is 2.37. The van der Waals surface area contributed by atoms with Crippen molar-refractivity contribution in [3.05, 3.63) is 47.0 Å². The summed E-state index contributed by atoms with van der Waals surface area (Å²) in [7, 11) is 2.92. The summed E-state index contributed by atoms with van der Waals surface area (Å²) in [6.07, 6.45) is 3.55. The van der Waals surface area contributed by atoms with Crippen LogP contribution in [0.1, 0.15) is 23.1 Å². The molecule has 0 bridgehead atoms. The van der Waals surface area contributed by atoms with Gasteiger partial charge in [-0.15, -0.1) is 0 Å². The van der Waals surface area contributed by atoms with Crippen LogP contribution in [-0.4, -0.2) is 25.2 Å². The van der Waals surface area contributed by atoms with E-state index in [0.717, 1.165) is 18.5 Å². The van der Waals surface area contributed by atoms with Crippen LogP contribution >= 0.6 is 0 Å². The lowest BCUT2D eigenvalue weighted by atomic mass is 10.1. The van der Waals surface area contributed by atoms with Crippen LogP contribution in [0.25, 0.3) is 0 Å². The molecule has 0 heterocycles. The lowest BCUT2D eigenvalue weighted by Crippen LogP contribution is -2.14. The fraction of sp³-hybridized carbons (Fsp3) is 0.316. The quantitative estimate of drug-likeness (QED) is 0.885. The molecule has 0 aliphatic heterocycles. The Hall–Kier alpha value is -2.69. The van der Waals surface area contributed by atoms with Crippen molar-refractivity contribution in [1.29, 1.82) is 0 Å². The Morgan fingerprint density at radius 2 is 1.75 bits per heavy atom.